The van der Waals surface area contributed by atoms with Crippen molar-refractivity contribution in [3.05, 3.63) is 57.8 Å². The summed E-state index contributed by atoms with van der Waals surface area (Å²) in [5.41, 5.74) is 7.19. The lowest BCUT2D eigenvalue weighted by atomic mass is 10.1. The van der Waals surface area contributed by atoms with Crippen molar-refractivity contribution in [3.8, 4) is 11.5 Å². The number of hydrogen-bond acceptors (Lipinski definition) is 2. The van der Waals surface area contributed by atoms with E-state index in [1.165, 1.54) is 6.07 Å². The van der Waals surface area contributed by atoms with E-state index in [4.69, 9.17) is 10.5 Å². The molecule has 100 valence electrons. The van der Waals surface area contributed by atoms with Crippen LogP contribution in [0.1, 0.15) is 11.1 Å². The zero-order valence-electron chi connectivity index (χ0n) is 10.6. The minimum Gasteiger partial charge on any atom is -0.457 e. The molecule has 0 radical (unpaired) electrons. The predicted octanol–water partition coefficient (Wildman–Crippen LogP) is 4.19. The molecule has 0 amide bonds. The molecule has 0 heterocycles. The van der Waals surface area contributed by atoms with Crippen molar-refractivity contribution < 1.29 is 9.13 Å². The summed E-state index contributed by atoms with van der Waals surface area (Å²) in [6.07, 6.45) is 0.739. The molecule has 4 heteroatoms. The van der Waals surface area contributed by atoms with Crippen molar-refractivity contribution in [2.45, 2.75) is 13.3 Å². The Bertz CT molecular complexity index is 586. The van der Waals surface area contributed by atoms with E-state index in [9.17, 15) is 4.39 Å². The third-order valence-electron chi connectivity index (χ3n) is 2.80. The molecule has 0 aromatic heterocycles. The summed E-state index contributed by atoms with van der Waals surface area (Å²) < 4.78 is 20.0. The van der Waals surface area contributed by atoms with E-state index < -0.39 is 0 Å². The molecule has 0 atom stereocenters. The number of ether oxygens (including phenoxy) is 1. The van der Waals surface area contributed by atoms with E-state index in [-0.39, 0.29) is 5.82 Å². The monoisotopic (exact) mass is 323 g/mol. The van der Waals surface area contributed by atoms with E-state index in [0.29, 0.717) is 17.9 Å². The predicted molar refractivity (Wildman–Crippen MR) is 78.1 cm³/mol. The van der Waals surface area contributed by atoms with Crippen LogP contribution in [0.2, 0.25) is 0 Å². The Hall–Kier alpha value is -1.39. The molecular formula is C15H15BrFNO. The highest BCUT2D eigenvalue weighted by atomic mass is 79.9. The van der Waals surface area contributed by atoms with Gasteiger partial charge < -0.3 is 10.5 Å². The maximum absolute atomic E-state index is 13.2. The van der Waals surface area contributed by atoms with Gasteiger partial charge in [-0.2, -0.15) is 0 Å². The molecular weight excluding hydrogens is 309 g/mol. The highest BCUT2D eigenvalue weighted by Crippen LogP contribution is 2.29. The summed E-state index contributed by atoms with van der Waals surface area (Å²) in [6.45, 7) is 2.27. The number of hydrogen-bond donors (Lipinski definition) is 1. The summed E-state index contributed by atoms with van der Waals surface area (Å²) >= 11 is 3.42. The van der Waals surface area contributed by atoms with Gasteiger partial charge in [-0.1, -0.05) is 22.0 Å². The Kier molecular flexibility index (Phi) is 4.56. The van der Waals surface area contributed by atoms with Crippen LogP contribution in [0.4, 0.5) is 4.39 Å². The quantitative estimate of drug-likeness (QED) is 0.915. The van der Waals surface area contributed by atoms with Gasteiger partial charge in [0.2, 0.25) is 0 Å². The van der Waals surface area contributed by atoms with E-state index >= 15 is 0 Å². The third-order valence-corrected chi connectivity index (χ3v) is 3.29. The van der Waals surface area contributed by atoms with Crippen molar-refractivity contribution in [1.29, 1.82) is 0 Å². The SMILES string of the molecule is Cc1cc(Oc2cc(Br)ccc2CCN)ccc1F. The van der Waals surface area contributed by atoms with E-state index in [2.05, 4.69) is 15.9 Å². The number of benzene rings is 2. The molecule has 0 aliphatic heterocycles. The van der Waals surface area contributed by atoms with Crippen molar-refractivity contribution in [3.63, 3.8) is 0 Å². The van der Waals surface area contributed by atoms with Gasteiger partial charge in [-0.15, -0.1) is 0 Å². The van der Waals surface area contributed by atoms with Gasteiger partial charge in [0.05, 0.1) is 0 Å². The van der Waals surface area contributed by atoms with Crippen LogP contribution in [0.15, 0.2) is 40.9 Å². The molecule has 2 N–H and O–H groups in total. The Morgan fingerprint density at radius 2 is 2.00 bits per heavy atom. The Morgan fingerprint density at radius 1 is 1.21 bits per heavy atom. The van der Waals surface area contributed by atoms with Gasteiger partial charge in [0.25, 0.3) is 0 Å². The van der Waals surface area contributed by atoms with Crippen LogP contribution in [0, 0.1) is 12.7 Å². The van der Waals surface area contributed by atoms with Gasteiger partial charge in [-0.25, -0.2) is 4.39 Å². The largest absolute Gasteiger partial charge is 0.457 e. The Balaban J connectivity index is 2.30. The number of rotatable bonds is 4. The van der Waals surface area contributed by atoms with Gasteiger partial charge in [-0.3, -0.25) is 0 Å². The molecule has 0 fully saturated rings. The zero-order valence-corrected chi connectivity index (χ0v) is 12.2. The second kappa shape index (κ2) is 6.17. The standard InChI is InChI=1S/C15H15BrFNO/c1-10-8-13(4-5-14(10)17)19-15-9-12(16)3-2-11(15)6-7-18/h2-5,8-9H,6-7,18H2,1H3. The fourth-order valence-corrected chi connectivity index (χ4v) is 2.13. The van der Waals surface area contributed by atoms with Crippen LogP contribution < -0.4 is 10.5 Å². The fourth-order valence-electron chi connectivity index (χ4n) is 1.79. The molecule has 0 aliphatic rings. The first-order valence-electron chi connectivity index (χ1n) is 6.02. The first-order chi connectivity index (χ1) is 9.10. The smallest absolute Gasteiger partial charge is 0.131 e. The van der Waals surface area contributed by atoms with Gasteiger partial charge in [-0.05, 0) is 61.3 Å². The average Bonchev–Trinajstić information content (AvgIpc) is 2.37. The van der Waals surface area contributed by atoms with Crippen LogP contribution >= 0.6 is 15.9 Å². The number of halogens is 2. The van der Waals surface area contributed by atoms with Crippen LogP contribution in [0.3, 0.4) is 0 Å². The molecule has 0 bridgehead atoms. The van der Waals surface area contributed by atoms with Gasteiger partial charge in [0.1, 0.15) is 17.3 Å². The Morgan fingerprint density at radius 3 is 2.68 bits per heavy atom. The van der Waals surface area contributed by atoms with Crippen molar-refractivity contribution in [2.24, 2.45) is 5.73 Å². The van der Waals surface area contributed by atoms with E-state index in [1.807, 2.05) is 18.2 Å². The van der Waals surface area contributed by atoms with E-state index in [1.54, 1.807) is 19.1 Å². The second-order valence-electron chi connectivity index (χ2n) is 4.30. The molecule has 0 spiro atoms. The van der Waals surface area contributed by atoms with Crippen molar-refractivity contribution >= 4 is 15.9 Å². The van der Waals surface area contributed by atoms with Crippen LogP contribution in [0.5, 0.6) is 11.5 Å². The average molecular weight is 324 g/mol. The fraction of sp³-hybridized carbons (Fsp3) is 0.200. The summed E-state index contributed by atoms with van der Waals surface area (Å²) in [5.74, 6) is 1.13. The molecule has 0 unspecified atom stereocenters. The topological polar surface area (TPSA) is 35.2 Å². The van der Waals surface area contributed by atoms with Crippen LogP contribution in [0.25, 0.3) is 0 Å². The summed E-state index contributed by atoms with van der Waals surface area (Å²) in [5, 5.41) is 0. The summed E-state index contributed by atoms with van der Waals surface area (Å²) in [4.78, 5) is 0. The number of nitrogens with two attached hydrogens (primary N) is 1. The van der Waals surface area contributed by atoms with Crippen LogP contribution in [-0.2, 0) is 6.42 Å². The molecule has 2 rings (SSSR count). The van der Waals surface area contributed by atoms with Crippen molar-refractivity contribution in [2.75, 3.05) is 6.54 Å². The zero-order chi connectivity index (χ0) is 13.8. The van der Waals surface area contributed by atoms with E-state index in [0.717, 1.165) is 22.2 Å². The minimum absolute atomic E-state index is 0.233. The first kappa shape index (κ1) is 14.0. The molecule has 2 aromatic rings. The number of aryl methyl sites for hydroxylation is 1. The normalized spacial score (nSPS) is 10.5. The Labute approximate surface area is 120 Å². The van der Waals surface area contributed by atoms with Gasteiger partial charge in [0.15, 0.2) is 0 Å². The lowest BCUT2D eigenvalue weighted by Crippen LogP contribution is -2.04. The lowest BCUT2D eigenvalue weighted by Gasteiger charge is -2.12. The highest BCUT2D eigenvalue weighted by Gasteiger charge is 2.07. The van der Waals surface area contributed by atoms with Gasteiger partial charge >= 0.3 is 0 Å². The maximum Gasteiger partial charge on any atom is 0.131 e. The van der Waals surface area contributed by atoms with Crippen LogP contribution in [-0.4, -0.2) is 6.54 Å². The summed E-state index contributed by atoms with van der Waals surface area (Å²) in [7, 11) is 0. The summed E-state index contributed by atoms with van der Waals surface area (Å²) in [6, 6.07) is 10.5. The lowest BCUT2D eigenvalue weighted by molar-refractivity contribution is 0.473. The maximum atomic E-state index is 13.2. The molecule has 19 heavy (non-hydrogen) atoms. The first-order valence-corrected chi connectivity index (χ1v) is 6.82. The van der Waals surface area contributed by atoms with Crippen molar-refractivity contribution in [1.82, 2.24) is 0 Å². The molecule has 2 nitrogen and oxygen atoms in total. The molecule has 0 saturated heterocycles. The minimum atomic E-state index is -0.233. The molecule has 0 saturated carbocycles. The third kappa shape index (κ3) is 3.55. The van der Waals surface area contributed by atoms with Gasteiger partial charge in [0, 0.05) is 4.47 Å². The highest BCUT2D eigenvalue weighted by molar-refractivity contribution is 9.10. The molecule has 2 aromatic carbocycles. The second-order valence-corrected chi connectivity index (χ2v) is 5.22. The molecule has 0 aliphatic carbocycles.